The van der Waals surface area contributed by atoms with Crippen molar-refractivity contribution in [3.63, 3.8) is 0 Å². The van der Waals surface area contributed by atoms with Crippen molar-refractivity contribution >= 4 is 16.8 Å². The molecule has 3 N–H and O–H groups in total. The molecule has 3 rings (SSSR count). The van der Waals surface area contributed by atoms with Gasteiger partial charge in [0.05, 0.1) is 0 Å². The second-order valence-corrected chi connectivity index (χ2v) is 4.90. The number of hydrogen-bond acceptors (Lipinski definition) is 1. The largest absolute Gasteiger partial charge is 0.366 e. The van der Waals surface area contributed by atoms with Gasteiger partial charge in [-0.3, -0.25) is 4.79 Å². The van der Waals surface area contributed by atoms with E-state index in [4.69, 9.17) is 5.73 Å². The Morgan fingerprint density at radius 1 is 1.00 bits per heavy atom. The van der Waals surface area contributed by atoms with Gasteiger partial charge in [0.25, 0.3) is 0 Å². The Hall–Kier alpha value is -2.55. The molecule has 1 heterocycles. The van der Waals surface area contributed by atoms with Crippen molar-refractivity contribution in [2.75, 3.05) is 0 Å². The number of rotatable bonds is 4. The number of hydrogen-bond donors (Lipinski definition) is 2. The normalized spacial score (nSPS) is 10.8. The summed E-state index contributed by atoms with van der Waals surface area (Å²) in [5.74, 6) is -0.364. The van der Waals surface area contributed by atoms with Crippen LogP contribution in [0.15, 0.2) is 54.6 Å². The van der Waals surface area contributed by atoms with Gasteiger partial charge in [-0.25, -0.2) is 0 Å². The lowest BCUT2D eigenvalue weighted by atomic mass is 10.0. The smallest absolute Gasteiger partial charge is 0.248 e. The van der Waals surface area contributed by atoms with Crippen LogP contribution in [0.5, 0.6) is 0 Å². The van der Waals surface area contributed by atoms with E-state index in [2.05, 4.69) is 23.2 Å². The molecule has 0 fully saturated rings. The zero-order chi connectivity index (χ0) is 13.9. The third kappa shape index (κ3) is 2.43. The Kier molecular flexibility index (Phi) is 3.25. The predicted molar refractivity (Wildman–Crippen MR) is 80.7 cm³/mol. The highest BCUT2D eigenvalue weighted by atomic mass is 16.1. The molecule has 0 saturated heterocycles. The number of carbonyl (C=O) groups excluding carboxylic acids is 1. The molecular weight excluding hydrogens is 248 g/mol. The molecule has 0 aliphatic rings. The molecule has 0 aliphatic carbocycles. The fourth-order valence-electron chi connectivity index (χ4n) is 2.52. The lowest BCUT2D eigenvalue weighted by Gasteiger charge is -2.05. The molecule has 3 heteroatoms. The molecule has 3 nitrogen and oxygen atoms in total. The Labute approximate surface area is 117 Å². The highest BCUT2D eigenvalue weighted by molar-refractivity contribution is 5.94. The van der Waals surface area contributed by atoms with Gasteiger partial charge in [-0.15, -0.1) is 0 Å². The van der Waals surface area contributed by atoms with Gasteiger partial charge in [0.1, 0.15) is 0 Å². The molecular formula is C17H16N2O. The Morgan fingerprint density at radius 3 is 2.55 bits per heavy atom. The van der Waals surface area contributed by atoms with E-state index in [0.717, 1.165) is 23.9 Å². The summed E-state index contributed by atoms with van der Waals surface area (Å²) in [4.78, 5) is 14.8. The Balaban J connectivity index is 1.81. The van der Waals surface area contributed by atoms with Crippen LogP contribution in [0.4, 0.5) is 0 Å². The van der Waals surface area contributed by atoms with Crippen LogP contribution in [0.2, 0.25) is 0 Å². The molecule has 100 valence electrons. The zero-order valence-electron chi connectivity index (χ0n) is 11.1. The maximum absolute atomic E-state index is 11.4. The number of primary amides is 1. The topological polar surface area (TPSA) is 58.9 Å². The number of carbonyl (C=O) groups is 1. The number of fused-ring (bicyclic) bond motifs is 1. The lowest BCUT2D eigenvalue weighted by Crippen LogP contribution is -2.13. The van der Waals surface area contributed by atoms with Gasteiger partial charge in [0.15, 0.2) is 0 Å². The summed E-state index contributed by atoms with van der Waals surface area (Å²) < 4.78 is 0. The second-order valence-electron chi connectivity index (χ2n) is 4.90. The number of amides is 1. The molecule has 3 aromatic rings. The second kappa shape index (κ2) is 5.21. The minimum absolute atomic E-state index is 0.364. The van der Waals surface area contributed by atoms with Crippen LogP contribution in [-0.2, 0) is 12.8 Å². The first kappa shape index (κ1) is 12.5. The van der Waals surface area contributed by atoms with Crippen molar-refractivity contribution in [2.45, 2.75) is 12.8 Å². The fourth-order valence-corrected chi connectivity index (χ4v) is 2.52. The van der Waals surface area contributed by atoms with Gasteiger partial charge in [-0.2, -0.15) is 0 Å². The monoisotopic (exact) mass is 264 g/mol. The van der Waals surface area contributed by atoms with E-state index in [9.17, 15) is 4.79 Å². The zero-order valence-corrected chi connectivity index (χ0v) is 11.1. The van der Waals surface area contributed by atoms with E-state index in [1.54, 1.807) is 6.07 Å². The van der Waals surface area contributed by atoms with Crippen LogP contribution in [0.25, 0.3) is 10.9 Å². The first-order chi connectivity index (χ1) is 9.74. The van der Waals surface area contributed by atoms with Crippen molar-refractivity contribution in [1.82, 2.24) is 4.98 Å². The molecule has 1 aromatic heterocycles. The molecule has 0 saturated carbocycles. The Bertz CT molecular complexity index is 725. The van der Waals surface area contributed by atoms with Crippen molar-refractivity contribution in [2.24, 2.45) is 5.73 Å². The van der Waals surface area contributed by atoms with Crippen molar-refractivity contribution in [1.29, 1.82) is 0 Å². The molecule has 0 unspecified atom stereocenters. The SMILES string of the molecule is NC(=O)c1ccccc1CCc1cc2ccccc2[nH]1. The lowest BCUT2D eigenvalue weighted by molar-refractivity contribution is 0.0999. The van der Waals surface area contributed by atoms with Crippen LogP contribution in [0.1, 0.15) is 21.6 Å². The first-order valence-electron chi connectivity index (χ1n) is 6.68. The minimum atomic E-state index is -0.364. The molecule has 0 spiro atoms. The van der Waals surface area contributed by atoms with Crippen LogP contribution >= 0.6 is 0 Å². The number of para-hydroxylation sites is 1. The highest BCUT2D eigenvalue weighted by Gasteiger charge is 2.08. The minimum Gasteiger partial charge on any atom is -0.366 e. The van der Waals surface area contributed by atoms with Gasteiger partial charge in [-0.05, 0) is 42.0 Å². The summed E-state index contributed by atoms with van der Waals surface area (Å²) in [6.07, 6.45) is 1.66. The first-order valence-corrected chi connectivity index (χ1v) is 6.68. The summed E-state index contributed by atoms with van der Waals surface area (Å²) in [5, 5.41) is 1.21. The summed E-state index contributed by atoms with van der Waals surface area (Å²) in [7, 11) is 0. The van der Waals surface area contributed by atoms with Crippen LogP contribution in [-0.4, -0.2) is 10.9 Å². The predicted octanol–water partition coefficient (Wildman–Crippen LogP) is 3.05. The number of aromatic nitrogens is 1. The van der Waals surface area contributed by atoms with Crippen LogP contribution < -0.4 is 5.73 Å². The maximum atomic E-state index is 11.4. The van der Waals surface area contributed by atoms with E-state index in [0.29, 0.717) is 5.56 Å². The van der Waals surface area contributed by atoms with Crippen molar-refractivity contribution in [3.8, 4) is 0 Å². The summed E-state index contributed by atoms with van der Waals surface area (Å²) >= 11 is 0. The third-order valence-corrected chi connectivity index (χ3v) is 3.53. The van der Waals surface area contributed by atoms with E-state index in [1.165, 1.54) is 11.1 Å². The molecule has 0 aliphatic heterocycles. The molecule has 20 heavy (non-hydrogen) atoms. The van der Waals surface area contributed by atoms with Gasteiger partial charge >= 0.3 is 0 Å². The number of H-pyrrole nitrogens is 1. The van der Waals surface area contributed by atoms with E-state index < -0.39 is 0 Å². The maximum Gasteiger partial charge on any atom is 0.248 e. The average molecular weight is 264 g/mol. The molecule has 1 amide bonds. The van der Waals surface area contributed by atoms with Gasteiger partial charge in [0, 0.05) is 16.8 Å². The summed E-state index contributed by atoms with van der Waals surface area (Å²) in [5.41, 5.74) is 9.33. The fraction of sp³-hybridized carbons (Fsp3) is 0.118. The summed E-state index contributed by atoms with van der Waals surface area (Å²) in [6, 6.07) is 17.9. The Morgan fingerprint density at radius 2 is 1.75 bits per heavy atom. The van der Waals surface area contributed by atoms with Gasteiger partial charge in [0.2, 0.25) is 5.91 Å². The molecule has 2 aromatic carbocycles. The molecule has 0 atom stereocenters. The summed E-state index contributed by atoms with van der Waals surface area (Å²) in [6.45, 7) is 0. The number of nitrogens with one attached hydrogen (secondary N) is 1. The quantitative estimate of drug-likeness (QED) is 0.747. The number of aryl methyl sites for hydroxylation is 2. The van der Waals surface area contributed by atoms with Crippen LogP contribution in [0.3, 0.4) is 0 Å². The molecule has 0 bridgehead atoms. The number of nitrogens with two attached hydrogens (primary N) is 1. The number of aromatic amines is 1. The number of benzene rings is 2. The van der Waals surface area contributed by atoms with E-state index >= 15 is 0 Å². The van der Waals surface area contributed by atoms with Crippen molar-refractivity contribution in [3.05, 3.63) is 71.4 Å². The van der Waals surface area contributed by atoms with Gasteiger partial charge < -0.3 is 10.7 Å². The molecule has 0 radical (unpaired) electrons. The van der Waals surface area contributed by atoms with E-state index in [1.807, 2.05) is 30.3 Å². The highest BCUT2D eigenvalue weighted by Crippen LogP contribution is 2.17. The third-order valence-electron chi connectivity index (χ3n) is 3.53. The van der Waals surface area contributed by atoms with E-state index in [-0.39, 0.29) is 5.91 Å². The van der Waals surface area contributed by atoms with Crippen LogP contribution in [0, 0.1) is 0 Å². The standard InChI is InChI=1S/C17H16N2O/c18-17(20)15-7-3-1-5-12(15)9-10-14-11-13-6-2-4-8-16(13)19-14/h1-8,11,19H,9-10H2,(H2,18,20). The van der Waals surface area contributed by atoms with Gasteiger partial charge in [-0.1, -0.05) is 36.4 Å². The average Bonchev–Trinajstić information content (AvgIpc) is 2.88. The van der Waals surface area contributed by atoms with Crippen molar-refractivity contribution < 1.29 is 4.79 Å².